The zero-order valence-electron chi connectivity index (χ0n) is 16.2. The second-order valence-electron chi connectivity index (χ2n) is 6.87. The number of aromatic nitrogens is 4. The Morgan fingerprint density at radius 1 is 1.07 bits per heavy atom. The number of rotatable bonds is 8. The van der Waals surface area contributed by atoms with Crippen LogP contribution >= 0.6 is 0 Å². The summed E-state index contributed by atoms with van der Waals surface area (Å²) in [6.45, 7) is 7.44. The lowest BCUT2D eigenvalue weighted by Crippen LogP contribution is -2.29. The summed E-state index contributed by atoms with van der Waals surface area (Å²) >= 11 is 0. The van der Waals surface area contributed by atoms with E-state index >= 15 is 0 Å². The molecule has 0 fully saturated rings. The molecule has 1 N–H and O–H groups in total. The van der Waals surface area contributed by atoms with Gasteiger partial charge in [-0.25, -0.2) is 9.78 Å². The molecule has 144 valence electrons. The Hall–Kier alpha value is -2.67. The number of benzene rings is 1. The molecule has 7 nitrogen and oxygen atoms in total. The van der Waals surface area contributed by atoms with Crippen molar-refractivity contribution < 1.29 is 0 Å². The standard InChI is InChI=1S/C20H27N5O2/c1-4-11-24(12-5-2)14-16-21-18-17(19(26)22-20(27)23(18)3)25(16)13-15-9-7-6-8-10-15/h6-10H,4-5,11-14H2,1-3H3,(H,22,26,27). The number of imidazole rings is 1. The number of nitrogens with one attached hydrogen (secondary N) is 1. The van der Waals surface area contributed by atoms with Crippen molar-refractivity contribution >= 4 is 11.2 Å². The molecule has 3 aromatic rings. The molecule has 27 heavy (non-hydrogen) atoms. The van der Waals surface area contributed by atoms with Gasteiger partial charge in [-0.1, -0.05) is 44.2 Å². The van der Waals surface area contributed by atoms with E-state index in [4.69, 9.17) is 4.98 Å². The number of aryl methyl sites for hydroxylation is 1. The largest absolute Gasteiger partial charge is 0.329 e. The summed E-state index contributed by atoms with van der Waals surface area (Å²) < 4.78 is 3.35. The molecule has 0 radical (unpaired) electrons. The molecule has 0 aliphatic rings. The van der Waals surface area contributed by atoms with Crippen molar-refractivity contribution in [2.24, 2.45) is 7.05 Å². The van der Waals surface area contributed by atoms with Crippen molar-refractivity contribution in [2.75, 3.05) is 13.1 Å². The van der Waals surface area contributed by atoms with Crippen molar-refractivity contribution in [1.29, 1.82) is 0 Å². The molecular formula is C20H27N5O2. The summed E-state index contributed by atoms with van der Waals surface area (Å²) in [5.74, 6) is 0.808. The Balaban J connectivity index is 2.14. The van der Waals surface area contributed by atoms with Crippen LogP contribution < -0.4 is 11.2 Å². The zero-order chi connectivity index (χ0) is 19.4. The fourth-order valence-electron chi connectivity index (χ4n) is 3.44. The van der Waals surface area contributed by atoms with Crippen LogP contribution in [0.1, 0.15) is 38.1 Å². The van der Waals surface area contributed by atoms with Crippen LogP contribution in [0.4, 0.5) is 0 Å². The van der Waals surface area contributed by atoms with Gasteiger partial charge in [-0.15, -0.1) is 0 Å². The van der Waals surface area contributed by atoms with Crippen LogP contribution in [0.15, 0.2) is 39.9 Å². The Kier molecular flexibility index (Phi) is 5.91. The lowest BCUT2D eigenvalue weighted by Gasteiger charge is -2.21. The number of H-pyrrole nitrogens is 1. The summed E-state index contributed by atoms with van der Waals surface area (Å²) in [4.78, 5) is 34.0. The first-order chi connectivity index (χ1) is 13.0. The molecule has 0 amide bonds. The predicted molar refractivity (Wildman–Crippen MR) is 107 cm³/mol. The Bertz CT molecular complexity index is 1010. The molecule has 0 bridgehead atoms. The van der Waals surface area contributed by atoms with Gasteiger partial charge in [0.15, 0.2) is 11.2 Å². The third kappa shape index (κ3) is 4.03. The third-order valence-electron chi connectivity index (χ3n) is 4.71. The van der Waals surface area contributed by atoms with Crippen LogP contribution in [-0.2, 0) is 20.1 Å². The van der Waals surface area contributed by atoms with Crippen LogP contribution in [0.3, 0.4) is 0 Å². The Morgan fingerprint density at radius 2 is 1.74 bits per heavy atom. The summed E-state index contributed by atoms with van der Waals surface area (Å²) in [6, 6.07) is 9.99. The van der Waals surface area contributed by atoms with Gasteiger partial charge in [0, 0.05) is 13.6 Å². The molecule has 3 rings (SSSR count). The molecule has 0 aliphatic heterocycles. The molecule has 0 saturated heterocycles. The summed E-state index contributed by atoms with van der Waals surface area (Å²) in [5, 5.41) is 0. The highest BCUT2D eigenvalue weighted by atomic mass is 16.2. The third-order valence-corrected chi connectivity index (χ3v) is 4.71. The Morgan fingerprint density at radius 3 is 2.37 bits per heavy atom. The summed E-state index contributed by atoms with van der Waals surface area (Å²) in [7, 11) is 1.64. The average molecular weight is 369 g/mol. The number of aromatic amines is 1. The molecule has 2 aromatic heterocycles. The average Bonchev–Trinajstić information content (AvgIpc) is 3.00. The maximum atomic E-state index is 12.6. The van der Waals surface area contributed by atoms with Gasteiger partial charge in [0.25, 0.3) is 5.56 Å². The minimum atomic E-state index is -0.442. The highest BCUT2D eigenvalue weighted by molar-refractivity contribution is 5.71. The van der Waals surface area contributed by atoms with E-state index < -0.39 is 5.69 Å². The van der Waals surface area contributed by atoms with Gasteiger partial charge in [0.1, 0.15) is 5.82 Å². The van der Waals surface area contributed by atoms with Crippen molar-refractivity contribution in [3.63, 3.8) is 0 Å². The van der Waals surface area contributed by atoms with Crippen molar-refractivity contribution in [1.82, 2.24) is 24.0 Å². The van der Waals surface area contributed by atoms with E-state index in [1.165, 1.54) is 4.57 Å². The number of hydrogen-bond acceptors (Lipinski definition) is 4. The Labute approximate surface area is 158 Å². The van der Waals surface area contributed by atoms with E-state index in [2.05, 4.69) is 23.7 Å². The van der Waals surface area contributed by atoms with Gasteiger partial charge in [-0.05, 0) is 31.5 Å². The van der Waals surface area contributed by atoms with Crippen LogP contribution in [0.25, 0.3) is 11.2 Å². The highest BCUT2D eigenvalue weighted by Crippen LogP contribution is 2.16. The van der Waals surface area contributed by atoms with E-state index in [-0.39, 0.29) is 5.56 Å². The quantitative estimate of drug-likeness (QED) is 0.660. The maximum absolute atomic E-state index is 12.6. The van der Waals surface area contributed by atoms with Gasteiger partial charge in [0.2, 0.25) is 0 Å². The highest BCUT2D eigenvalue weighted by Gasteiger charge is 2.19. The summed E-state index contributed by atoms with van der Waals surface area (Å²) in [5.41, 5.74) is 1.14. The molecular weight excluding hydrogens is 342 g/mol. The first-order valence-electron chi connectivity index (χ1n) is 9.49. The van der Waals surface area contributed by atoms with Gasteiger partial charge in [0.05, 0.1) is 6.54 Å². The lowest BCUT2D eigenvalue weighted by atomic mass is 10.2. The maximum Gasteiger partial charge on any atom is 0.329 e. The monoisotopic (exact) mass is 369 g/mol. The van der Waals surface area contributed by atoms with Crippen LogP contribution in [-0.4, -0.2) is 37.1 Å². The smallest absolute Gasteiger partial charge is 0.317 e. The number of fused-ring (bicyclic) bond motifs is 1. The van der Waals surface area contributed by atoms with Crippen LogP contribution in [0.5, 0.6) is 0 Å². The lowest BCUT2D eigenvalue weighted by molar-refractivity contribution is 0.257. The first-order valence-corrected chi connectivity index (χ1v) is 9.49. The van der Waals surface area contributed by atoms with Crippen molar-refractivity contribution in [2.45, 2.75) is 39.8 Å². The van der Waals surface area contributed by atoms with Gasteiger partial charge in [-0.2, -0.15) is 0 Å². The predicted octanol–water partition coefficient (Wildman–Crippen LogP) is 2.09. The van der Waals surface area contributed by atoms with Crippen molar-refractivity contribution in [3.8, 4) is 0 Å². The first kappa shape index (κ1) is 19.1. The fraction of sp³-hybridized carbons (Fsp3) is 0.450. The number of hydrogen-bond donors (Lipinski definition) is 1. The molecule has 7 heteroatoms. The second kappa shape index (κ2) is 8.35. The molecule has 0 aliphatic carbocycles. The molecule has 1 aromatic carbocycles. The van der Waals surface area contributed by atoms with Crippen LogP contribution in [0.2, 0.25) is 0 Å². The molecule has 2 heterocycles. The fourth-order valence-corrected chi connectivity index (χ4v) is 3.44. The van der Waals surface area contributed by atoms with Crippen LogP contribution in [0, 0.1) is 0 Å². The molecule has 0 unspecified atom stereocenters. The van der Waals surface area contributed by atoms with Gasteiger partial charge in [-0.3, -0.25) is 19.2 Å². The van der Waals surface area contributed by atoms with E-state index in [1.54, 1.807) is 7.05 Å². The van der Waals surface area contributed by atoms with E-state index in [1.807, 2.05) is 34.9 Å². The van der Waals surface area contributed by atoms with Crippen molar-refractivity contribution in [3.05, 3.63) is 62.6 Å². The zero-order valence-corrected chi connectivity index (χ0v) is 16.2. The molecule has 0 saturated carbocycles. The molecule has 0 atom stereocenters. The van der Waals surface area contributed by atoms with Gasteiger partial charge < -0.3 is 4.57 Å². The van der Waals surface area contributed by atoms with E-state index in [0.717, 1.165) is 37.3 Å². The number of nitrogens with zero attached hydrogens (tertiary/aromatic N) is 4. The SMILES string of the molecule is CCCN(CCC)Cc1nc2c(c(=O)[nH]c(=O)n2C)n1Cc1ccccc1. The molecule has 0 spiro atoms. The van der Waals surface area contributed by atoms with E-state index in [0.29, 0.717) is 24.3 Å². The minimum Gasteiger partial charge on any atom is -0.317 e. The van der Waals surface area contributed by atoms with E-state index in [9.17, 15) is 9.59 Å². The summed E-state index contributed by atoms with van der Waals surface area (Å²) in [6.07, 6.45) is 2.11. The normalized spacial score (nSPS) is 11.6. The topological polar surface area (TPSA) is 75.9 Å². The van der Waals surface area contributed by atoms with Gasteiger partial charge >= 0.3 is 5.69 Å². The minimum absolute atomic E-state index is 0.389. The second-order valence-corrected chi connectivity index (χ2v) is 6.87.